The number of H-pyrrole nitrogens is 1. The second kappa shape index (κ2) is 5.24. The number of carbonyl (C=O) groups is 1. The zero-order chi connectivity index (χ0) is 15.8. The minimum atomic E-state index is -0.258. The third-order valence-corrected chi connectivity index (χ3v) is 3.96. The van der Waals surface area contributed by atoms with Crippen LogP contribution in [0.3, 0.4) is 0 Å². The van der Waals surface area contributed by atoms with E-state index >= 15 is 0 Å². The number of benzene rings is 1. The number of hydrogen-bond acceptors (Lipinski definition) is 4. The summed E-state index contributed by atoms with van der Waals surface area (Å²) >= 11 is 0. The summed E-state index contributed by atoms with van der Waals surface area (Å²) in [6.07, 6.45) is 3.46. The van der Waals surface area contributed by atoms with E-state index in [2.05, 4.69) is 20.5 Å². The lowest BCUT2D eigenvalue weighted by Gasteiger charge is -2.13. The van der Waals surface area contributed by atoms with Crippen molar-refractivity contribution in [2.24, 2.45) is 0 Å². The first-order valence-electron chi connectivity index (χ1n) is 7.21. The van der Waals surface area contributed by atoms with Gasteiger partial charge in [0.1, 0.15) is 11.4 Å². The standard InChI is InChI=1S/C17H14N4O2/c1-23-12-6-2-4-10(8-12)15-13-14(11-5-3-7-18-9-11)19-17(22)16(13)21-20-15/h2-9,14H,1H3,(H,19,22)(H,20,21)/t14-/m0/s1. The number of hydrogen-bond donors (Lipinski definition) is 2. The lowest BCUT2D eigenvalue weighted by Crippen LogP contribution is -2.21. The van der Waals surface area contributed by atoms with Crippen LogP contribution in [0, 0.1) is 0 Å². The lowest BCUT2D eigenvalue weighted by atomic mass is 9.98. The van der Waals surface area contributed by atoms with Crippen LogP contribution in [-0.2, 0) is 0 Å². The van der Waals surface area contributed by atoms with E-state index in [1.54, 1.807) is 19.5 Å². The number of amides is 1. The highest BCUT2D eigenvalue weighted by molar-refractivity contribution is 6.00. The number of methoxy groups -OCH3 is 1. The molecule has 1 aliphatic rings. The number of pyridine rings is 1. The summed E-state index contributed by atoms with van der Waals surface area (Å²) in [4.78, 5) is 16.3. The van der Waals surface area contributed by atoms with Crippen LogP contribution < -0.4 is 10.1 Å². The van der Waals surface area contributed by atoms with Gasteiger partial charge >= 0.3 is 0 Å². The molecule has 0 fully saturated rings. The van der Waals surface area contributed by atoms with Gasteiger partial charge in [0.15, 0.2) is 0 Å². The van der Waals surface area contributed by atoms with Crippen molar-refractivity contribution in [2.75, 3.05) is 7.11 Å². The second-order valence-corrected chi connectivity index (χ2v) is 5.29. The molecule has 2 aromatic heterocycles. The van der Waals surface area contributed by atoms with Crippen molar-refractivity contribution in [3.63, 3.8) is 0 Å². The van der Waals surface area contributed by atoms with Gasteiger partial charge in [-0.15, -0.1) is 0 Å². The van der Waals surface area contributed by atoms with Gasteiger partial charge < -0.3 is 10.1 Å². The van der Waals surface area contributed by atoms with Crippen molar-refractivity contribution in [1.29, 1.82) is 0 Å². The van der Waals surface area contributed by atoms with Crippen LogP contribution in [0.25, 0.3) is 11.3 Å². The van der Waals surface area contributed by atoms with Gasteiger partial charge in [-0.1, -0.05) is 18.2 Å². The molecule has 23 heavy (non-hydrogen) atoms. The zero-order valence-corrected chi connectivity index (χ0v) is 12.4. The van der Waals surface area contributed by atoms with Crippen molar-refractivity contribution in [1.82, 2.24) is 20.5 Å². The van der Waals surface area contributed by atoms with Gasteiger partial charge in [-0.2, -0.15) is 5.10 Å². The first-order chi connectivity index (χ1) is 11.3. The predicted molar refractivity (Wildman–Crippen MR) is 84.1 cm³/mol. The average Bonchev–Trinajstić information content (AvgIpc) is 3.17. The van der Waals surface area contributed by atoms with Gasteiger partial charge in [0.05, 0.1) is 18.8 Å². The number of nitrogens with zero attached hydrogens (tertiary/aromatic N) is 2. The molecular formula is C17H14N4O2. The Morgan fingerprint density at radius 2 is 2.13 bits per heavy atom. The molecule has 0 aliphatic carbocycles. The van der Waals surface area contributed by atoms with Crippen molar-refractivity contribution < 1.29 is 9.53 Å². The molecule has 0 bridgehead atoms. The van der Waals surface area contributed by atoms with Crippen molar-refractivity contribution in [3.8, 4) is 17.0 Å². The van der Waals surface area contributed by atoms with Crippen LogP contribution in [-0.4, -0.2) is 28.2 Å². The molecule has 1 aromatic carbocycles. The van der Waals surface area contributed by atoms with Gasteiger partial charge in [0, 0.05) is 23.5 Å². The van der Waals surface area contributed by atoms with Crippen molar-refractivity contribution in [3.05, 3.63) is 65.6 Å². The molecule has 3 heterocycles. The second-order valence-electron chi connectivity index (χ2n) is 5.29. The van der Waals surface area contributed by atoms with E-state index < -0.39 is 0 Å². The molecule has 0 unspecified atom stereocenters. The summed E-state index contributed by atoms with van der Waals surface area (Å²) in [5.41, 5.74) is 3.90. The van der Waals surface area contributed by atoms with E-state index in [-0.39, 0.29) is 11.9 Å². The van der Waals surface area contributed by atoms with Gasteiger partial charge in [-0.05, 0) is 23.8 Å². The van der Waals surface area contributed by atoms with E-state index in [1.165, 1.54) is 0 Å². The predicted octanol–water partition coefficient (Wildman–Crippen LogP) is 2.31. The van der Waals surface area contributed by atoms with Crippen LogP contribution in [0.5, 0.6) is 5.75 Å². The number of aromatic amines is 1. The Morgan fingerprint density at radius 1 is 1.22 bits per heavy atom. The van der Waals surface area contributed by atoms with Crippen LogP contribution in [0.15, 0.2) is 48.8 Å². The molecule has 2 N–H and O–H groups in total. The molecule has 1 amide bonds. The maximum atomic E-state index is 12.2. The Labute approximate surface area is 132 Å². The maximum absolute atomic E-state index is 12.2. The number of fused-ring (bicyclic) bond motifs is 1. The highest BCUT2D eigenvalue weighted by Gasteiger charge is 2.35. The van der Waals surface area contributed by atoms with Gasteiger partial charge in [0.25, 0.3) is 5.91 Å². The Kier molecular flexibility index (Phi) is 3.08. The van der Waals surface area contributed by atoms with Crippen LogP contribution >= 0.6 is 0 Å². The summed E-state index contributed by atoms with van der Waals surface area (Å²) in [5, 5.41) is 10.2. The fourth-order valence-corrected chi connectivity index (χ4v) is 2.87. The van der Waals surface area contributed by atoms with Crippen molar-refractivity contribution in [2.45, 2.75) is 6.04 Å². The summed E-state index contributed by atoms with van der Waals surface area (Å²) in [6.45, 7) is 0. The largest absolute Gasteiger partial charge is 0.497 e. The molecule has 6 nitrogen and oxygen atoms in total. The van der Waals surface area contributed by atoms with Gasteiger partial charge in [0.2, 0.25) is 0 Å². The van der Waals surface area contributed by atoms with Crippen LogP contribution in [0.1, 0.15) is 27.7 Å². The summed E-state index contributed by atoms with van der Waals surface area (Å²) in [7, 11) is 1.62. The molecule has 3 aromatic rings. The number of ether oxygens (including phenoxy) is 1. The topological polar surface area (TPSA) is 79.9 Å². The molecule has 0 spiro atoms. The third kappa shape index (κ3) is 2.15. The van der Waals surface area contributed by atoms with Gasteiger partial charge in [-0.25, -0.2) is 0 Å². The summed E-state index contributed by atoms with van der Waals surface area (Å²) < 4.78 is 5.27. The molecular weight excluding hydrogens is 292 g/mol. The minimum absolute atomic E-state index is 0.157. The summed E-state index contributed by atoms with van der Waals surface area (Å²) in [6, 6.07) is 11.2. The Hall–Kier alpha value is -3.15. The molecule has 114 valence electrons. The average molecular weight is 306 g/mol. The highest BCUT2D eigenvalue weighted by Crippen LogP contribution is 2.37. The lowest BCUT2D eigenvalue weighted by molar-refractivity contribution is 0.0955. The van der Waals surface area contributed by atoms with E-state index in [4.69, 9.17) is 4.74 Å². The number of aromatic nitrogens is 3. The fraction of sp³-hybridized carbons (Fsp3) is 0.118. The normalized spacial score (nSPS) is 16.0. The highest BCUT2D eigenvalue weighted by atomic mass is 16.5. The first-order valence-corrected chi connectivity index (χ1v) is 7.21. The minimum Gasteiger partial charge on any atom is -0.497 e. The molecule has 4 rings (SSSR count). The van der Waals surface area contributed by atoms with E-state index in [1.807, 2.05) is 36.4 Å². The molecule has 0 saturated carbocycles. The van der Waals surface area contributed by atoms with Gasteiger partial charge in [-0.3, -0.25) is 14.9 Å². The Morgan fingerprint density at radius 3 is 2.91 bits per heavy atom. The molecule has 0 radical (unpaired) electrons. The zero-order valence-electron chi connectivity index (χ0n) is 12.4. The fourth-order valence-electron chi connectivity index (χ4n) is 2.87. The number of nitrogens with one attached hydrogen (secondary N) is 2. The van der Waals surface area contributed by atoms with Crippen molar-refractivity contribution >= 4 is 5.91 Å². The van der Waals surface area contributed by atoms with E-state index in [9.17, 15) is 4.79 Å². The summed E-state index contributed by atoms with van der Waals surface area (Å²) in [5.74, 6) is 0.588. The quantitative estimate of drug-likeness (QED) is 0.778. The SMILES string of the molecule is COc1cccc(-c2n[nH]c3c2[C@H](c2cccnc2)NC3=O)c1. The maximum Gasteiger partial charge on any atom is 0.270 e. The third-order valence-electron chi connectivity index (χ3n) is 3.96. The van der Waals surface area contributed by atoms with Crippen LogP contribution in [0.2, 0.25) is 0 Å². The number of rotatable bonds is 3. The van der Waals surface area contributed by atoms with Crippen LogP contribution in [0.4, 0.5) is 0 Å². The first kappa shape index (κ1) is 13.5. The monoisotopic (exact) mass is 306 g/mol. The molecule has 6 heteroatoms. The smallest absolute Gasteiger partial charge is 0.270 e. The molecule has 1 atom stereocenters. The van der Waals surface area contributed by atoms with E-state index in [0.717, 1.165) is 28.1 Å². The Bertz CT molecular complexity index is 873. The molecule has 0 saturated heterocycles. The molecule has 1 aliphatic heterocycles. The Balaban J connectivity index is 1.86. The van der Waals surface area contributed by atoms with E-state index in [0.29, 0.717) is 5.69 Å². The number of carbonyl (C=O) groups excluding carboxylic acids is 1.